The number of carbonyl (C=O) groups is 1. The second-order valence-electron chi connectivity index (χ2n) is 6.93. The van der Waals surface area contributed by atoms with E-state index in [1.807, 2.05) is 30.3 Å². The maximum atomic E-state index is 13.9. The van der Waals surface area contributed by atoms with Crippen LogP contribution in [0.3, 0.4) is 0 Å². The van der Waals surface area contributed by atoms with Gasteiger partial charge in [-0.05, 0) is 30.7 Å². The first kappa shape index (κ1) is 22.1. The van der Waals surface area contributed by atoms with E-state index in [0.717, 1.165) is 34.3 Å². The van der Waals surface area contributed by atoms with Gasteiger partial charge >= 0.3 is 0 Å². The smallest absolute Gasteiger partial charge is 0.262 e. The molecule has 1 atom stereocenters. The highest BCUT2D eigenvalue weighted by Gasteiger charge is 2.22. The zero-order valence-electron chi connectivity index (χ0n) is 16.9. The van der Waals surface area contributed by atoms with Crippen molar-refractivity contribution in [1.29, 1.82) is 0 Å². The number of aromatic nitrogens is 2. The number of halogens is 3. The molecule has 4 rings (SSSR count). The number of amides is 1. The summed E-state index contributed by atoms with van der Waals surface area (Å²) in [6.07, 6.45) is 0. The number of thioether (sulfide) groups is 1. The van der Waals surface area contributed by atoms with Crippen LogP contribution < -0.4 is 10.9 Å². The summed E-state index contributed by atoms with van der Waals surface area (Å²) in [6, 6.07) is 13.1. The maximum absolute atomic E-state index is 13.9. The highest BCUT2D eigenvalue weighted by Crippen LogP contribution is 2.32. The first-order chi connectivity index (χ1) is 15.3. The first-order valence-corrected chi connectivity index (χ1v) is 11.1. The van der Waals surface area contributed by atoms with Crippen molar-refractivity contribution in [2.24, 2.45) is 7.05 Å². The fourth-order valence-electron chi connectivity index (χ4n) is 2.97. The van der Waals surface area contributed by atoms with E-state index in [1.165, 1.54) is 22.8 Å². The van der Waals surface area contributed by atoms with E-state index in [0.29, 0.717) is 15.4 Å². The van der Waals surface area contributed by atoms with E-state index in [-0.39, 0.29) is 5.56 Å². The lowest BCUT2D eigenvalue weighted by Crippen LogP contribution is -2.26. The fourth-order valence-corrected chi connectivity index (χ4v) is 4.92. The topological polar surface area (TPSA) is 64.0 Å². The molecule has 1 N–H and O–H groups in total. The third-order valence-electron chi connectivity index (χ3n) is 4.73. The number of fused-ring (bicyclic) bond motifs is 1. The van der Waals surface area contributed by atoms with Crippen molar-refractivity contribution in [2.75, 3.05) is 5.32 Å². The predicted octanol–water partition coefficient (Wildman–Crippen LogP) is 5.20. The molecule has 0 saturated heterocycles. The Morgan fingerprint density at radius 1 is 1.12 bits per heavy atom. The number of nitrogens with one attached hydrogen (secondary N) is 1. The number of rotatable bonds is 5. The number of hydrogen-bond acceptors (Lipinski definition) is 5. The Morgan fingerprint density at radius 3 is 2.56 bits per heavy atom. The summed E-state index contributed by atoms with van der Waals surface area (Å²) in [5, 5.41) is 2.22. The fraction of sp³-hybridized carbons (Fsp3) is 0.136. The van der Waals surface area contributed by atoms with Gasteiger partial charge in [-0.25, -0.2) is 18.2 Å². The van der Waals surface area contributed by atoms with E-state index in [9.17, 15) is 22.8 Å². The van der Waals surface area contributed by atoms with Gasteiger partial charge in [0.05, 0.1) is 16.3 Å². The van der Waals surface area contributed by atoms with Gasteiger partial charge in [-0.15, -0.1) is 11.3 Å². The van der Waals surface area contributed by atoms with Gasteiger partial charge in [0.1, 0.15) is 4.83 Å². The Morgan fingerprint density at radius 2 is 1.84 bits per heavy atom. The molecule has 0 aliphatic carbocycles. The first-order valence-electron chi connectivity index (χ1n) is 9.43. The molecule has 5 nitrogen and oxygen atoms in total. The Kier molecular flexibility index (Phi) is 6.07. The Balaban J connectivity index is 1.59. The molecular weight excluding hydrogens is 459 g/mol. The predicted molar refractivity (Wildman–Crippen MR) is 121 cm³/mol. The van der Waals surface area contributed by atoms with Crippen LogP contribution in [-0.4, -0.2) is 20.7 Å². The quantitative estimate of drug-likeness (QED) is 0.245. The number of anilines is 1. The standard InChI is InChI=1S/C22H16F3N3O2S2/c1-11(19(29)26-15-9-8-14(23)17(24)18(15)25)31-22-27-20-13(21(30)28(22)2)10-16(32-20)12-6-4-3-5-7-12/h3-11H,1-2H3,(H,26,29). The number of benzene rings is 2. The van der Waals surface area contributed by atoms with E-state index < -0.39 is 34.3 Å². The lowest BCUT2D eigenvalue weighted by molar-refractivity contribution is -0.115. The molecule has 0 spiro atoms. The van der Waals surface area contributed by atoms with Crippen LogP contribution >= 0.6 is 23.1 Å². The monoisotopic (exact) mass is 475 g/mol. The number of nitrogens with zero attached hydrogens (tertiary/aromatic N) is 2. The molecule has 2 aromatic carbocycles. The molecule has 0 fully saturated rings. The SMILES string of the molecule is CC(Sc1nc2sc(-c3ccccc3)cc2c(=O)n1C)C(=O)Nc1ccc(F)c(F)c1F. The lowest BCUT2D eigenvalue weighted by atomic mass is 10.2. The van der Waals surface area contributed by atoms with Crippen molar-refractivity contribution in [1.82, 2.24) is 9.55 Å². The number of carbonyl (C=O) groups excluding carboxylic acids is 1. The van der Waals surface area contributed by atoms with Gasteiger partial charge in [0, 0.05) is 11.9 Å². The van der Waals surface area contributed by atoms with Crippen LogP contribution in [0, 0.1) is 17.5 Å². The van der Waals surface area contributed by atoms with Crippen LogP contribution in [0.5, 0.6) is 0 Å². The van der Waals surface area contributed by atoms with Crippen molar-refractivity contribution in [3.05, 3.63) is 76.3 Å². The van der Waals surface area contributed by atoms with E-state index in [2.05, 4.69) is 10.3 Å². The van der Waals surface area contributed by atoms with Gasteiger partial charge in [0.15, 0.2) is 22.6 Å². The summed E-state index contributed by atoms with van der Waals surface area (Å²) in [5.41, 5.74) is 0.243. The molecule has 0 aliphatic rings. The van der Waals surface area contributed by atoms with Gasteiger partial charge in [-0.1, -0.05) is 42.1 Å². The zero-order valence-corrected chi connectivity index (χ0v) is 18.5. The van der Waals surface area contributed by atoms with Gasteiger partial charge < -0.3 is 5.32 Å². The number of thiophene rings is 1. The number of hydrogen-bond donors (Lipinski definition) is 1. The third-order valence-corrected chi connectivity index (χ3v) is 6.96. The Hall–Kier alpha value is -3.11. The molecular formula is C22H16F3N3O2S2. The average molecular weight is 476 g/mol. The minimum atomic E-state index is -1.66. The van der Waals surface area contributed by atoms with Gasteiger partial charge in [0.2, 0.25) is 5.91 Å². The van der Waals surface area contributed by atoms with E-state index in [4.69, 9.17) is 0 Å². The minimum Gasteiger partial charge on any atom is -0.323 e. The van der Waals surface area contributed by atoms with Crippen molar-refractivity contribution in [3.63, 3.8) is 0 Å². The summed E-state index contributed by atoms with van der Waals surface area (Å²) < 4.78 is 41.7. The molecule has 164 valence electrons. The van der Waals surface area contributed by atoms with Crippen molar-refractivity contribution >= 4 is 44.9 Å². The minimum absolute atomic E-state index is 0.254. The van der Waals surface area contributed by atoms with Crippen molar-refractivity contribution in [2.45, 2.75) is 17.3 Å². The van der Waals surface area contributed by atoms with Crippen LogP contribution in [0.4, 0.5) is 18.9 Å². The summed E-state index contributed by atoms with van der Waals surface area (Å²) in [5.74, 6) is -5.13. The summed E-state index contributed by atoms with van der Waals surface area (Å²) in [6.45, 7) is 1.54. The molecule has 1 amide bonds. The highest BCUT2D eigenvalue weighted by molar-refractivity contribution is 8.00. The van der Waals surface area contributed by atoms with Crippen LogP contribution in [0.2, 0.25) is 0 Å². The van der Waals surface area contributed by atoms with Gasteiger partial charge in [-0.3, -0.25) is 14.2 Å². The molecule has 2 heterocycles. The summed E-state index contributed by atoms with van der Waals surface area (Å²) in [4.78, 5) is 31.3. The van der Waals surface area contributed by atoms with Crippen molar-refractivity contribution < 1.29 is 18.0 Å². The van der Waals surface area contributed by atoms with Crippen LogP contribution in [0.15, 0.2) is 58.5 Å². The molecule has 10 heteroatoms. The molecule has 32 heavy (non-hydrogen) atoms. The van der Waals surface area contributed by atoms with E-state index >= 15 is 0 Å². The highest BCUT2D eigenvalue weighted by atomic mass is 32.2. The van der Waals surface area contributed by atoms with Crippen LogP contribution in [0.1, 0.15) is 6.92 Å². The van der Waals surface area contributed by atoms with Crippen molar-refractivity contribution in [3.8, 4) is 10.4 Å². The van der Waals surface area contributed by atoms with Crippen LogP contribution in [-0.2, 0) is 11.8 Å². The largest absolute Gasteiger partial charge is 0.323 e. The second-order valence-corrected chi connectivity index (χ2v) is 9.26. The molecule has 2 aromatic heterocycles. The molecule has 0 bridgehead atoms. The molecule has 4 aromatic rings. The lowest BCUT2D eigenvalue weighted by Gasteiger charge is -2.14. The van der Waals surface area contributed by atoms with E-state index in [1.54, 1.807) is 13.1 Å². The third kappa shape index (κ3) is 4.15. The molecule has 0 radical (unpaired) electrons. The second kappa shape index (κ2) is 8.79. The van der Waals surface area contributed by atoms with Crippen LogP contribution in [0.25, 0.3) is 20.7 Å². The Bertz CT molecular complexity index is 1390. The van der Waals surface area contributed by atoms with Gasteiger partial charge in [0.25, 0.3) is 5.56 Å². The average Bonchev–Trinajstić information content (AvgIpc) is 3.22. The maximum Gasteiger partial charge on any atom is 0.262 e. The summed E-state index contributed by atoms with van der Waals surface area (Å²) in [7, 11) is 1.55. The zero-order chi connectivity index (χ0) is 23.0. The molecule has 0 aliphatic heterocycles. The Labute approximate surface area is 188 Å². The molecule has 1 unspecified atom stereocenters. The normalized spacial score (nSPS) is 12.2. The molecule has 0 saturated carbocycles. The van der Waals surface area contributed by atoms with Gasteiger partial charge in [-0.2, -0.15) is 0 Å². The summed E-state index contributed by atoms with van der Waals surface area (Å²) >= 11 is 2.37.